The number of aryl methyl sites for hydroxylation is 1. The van der Waals surface area contributed by atoms with Crippen molar-refractivity contribution in [2.75, 3.05) is 19.3 Å². The normalized spacial score (nSPS) is 11.0. The summed E-state index contributed by atoms with van der Waals surface area (Å²) >= 11 is 0. The van der Waals surface area contributed by atoms with Crippen LogP contribution in [0.1, 0.15) is 17.5 Å². The molecule has 0 unspecified atom stereocenters. The molecule has 1 aromatic rings. The van der Waals surface area contributed by atoms with Gasteiger partial charge in [-0.05, 0) is 44.1 Å². The largest absolute Gasteiger partial charge is 0.383 e. The standard InChI is InChI=1S/C11H17N3/c1-9-7-10(8-14-11(9)12)5-3-4-6-13-2/h3,5,7-8,13H,4,6H2,1-2H3,(H2,12,14). The number of hydrogen-bond acceptors (Lipinski definition) is 3. The Morgan fingerprint density at radius 1 is 1.57 bits per heavy atom. The molecule has 0 radical (unpaired) electrons. The fraction of sp³-hybridized carbons (Fsp3) is 0.364. The lowest BCUT2D eigenvalue weighted by molar-refractivity contribution is 0.809. The second-order valence-corrected chi connectivity index (χ2v) is 3.27. The Balaban J connectivity index is 2.59. The number of nitrogens with one attached hydrogen (secondary N) is 1. The second kappa shape index (κ2) is 5.40. The van der Waals surface area contributed by atoms with E-state index in [1.807, 2.05) is 20.0 Å². The summed E-state index contributed by atoms with van der Waals surface area (Å²) in [6.07, 6.45) is 7.01. The second-order valence-electron chi connectivity index (χ2n) is 3.27. The first-order valence-electron chi connectivity index (χ1n) is 4.77. The molecule has 0 bridgehead atoms. The maximum absolute atomic E-state index is 5.62. The van der Waals surface area contributed by atoms with Gasteiger partial charge >= 0.3 is 0 Å². The van der Waals surface area contributed by atoms with Crippen molar-refractivity contribution in [3.05, 3.63) is 29.5 Å². The van der Waals surface area contributed by atoms with Crippen molar-refractivity contribution < 1.29 is 0 Å². The number of nitrogens with two attached hydrogens (primary N) is 1. The Morgan fingerprint density at radius 3 is 3.00 bits per heavy atom. The van der Waals surface area contributed by atoms with E-state index in [1.54, 1.807) is 6.20 Å². The van der Waals surface area contributed by atoms with E-state index in [2.05, 4.69) is 22.5 Å². The molecule has 76 valence electrons. The molecule has 0 saturated heterocycles. The lowest BCUT2D eigenvalue weighted by Gasteiger charge is -1.99. The predicted molar refractivity (Wildman–Crippen MR) is 61.0 cm³/mol. The molecule has 0 aromatic carbocycles. The Morgan fingerprint density at radius 2 is 2.36 bits per heavy atom. The fourth-order valence-corrected chi connectivity index (χ4v) is 1.15. The van der Waals surface area contributed by atoms with Crippen LogP contribution in [0.2, 0.25) is 0 Å². The Bertz CT molecular complexity index is 318. The van der Waals surface area contributed by atoms with E-state index in [9.17, 15) is 0 Å². The summed E-state index contributed by atoms with van der Waals surface area (Å²) < 4.78 is 0. The summed E-state index contributed by atoms with van der Waals surface area (Å²) in [6, 6.07) is 2.04. The summed E-state index contributed by atoms with van der Waals surface area (Å²) in [5, 5.41) is 3.09. The van der Waals surface area contributed by atoms with Gasteiger partial charge in [-0.3, -0.25) is 0 Å². The number of hydrogen-bond donors (Lipinski definition) is 2. The average molecular weight is 191 g/mol. The van der Waals surface area contributed by atoms with Gasteiger partial charge in [0.2, 0.25) is 0 Å². The molecule has 1 heterocycles. The molecule has 0 aliphatic carbocycles. The van der Waals surface area contributed by atoms with Crippen LogP contribution in [0.15, 0.2) is 18.3 Å². The van der Waals surface area contributed by atoms with Crippen LogP contribution in [0.25, 0.3) is 6.08 Å². The van der Waals surface area contributed by atoms with E-state index in [-0.39, 0.29) is 0 Å². The van der Waals surface area contributed by atoms with Gasteiger partial charge in [-0.25, -0.2) is 4.98 Å². The van der Waals surface area contributed by atoms with Crippen LogP contribution in [-0.2, 0) is 0 Å². The molecule has 0 fully saturated rings. The van der Waals surface area contributed by atoms with Crippen LogP contribution >= 0.6 is 0 Å². The highest BCUT2D eigenvalue weighted by molar-refractivity contribution is 5.52. The van der Waals surface area contributed by atoms with Gasteiger partial charge in [0.15, 0.2) is 0 Å². The minimum Gasteiger partial charge on any atom is -0.383 e. The highest BCUT2D eigenvalue weighted by atomic mass is 14.8. The monoisotopic (exact) mass is 191 g/mol. The first-order chi connectivity index (χ1) is 6.74. The zero-order chi connectivity index (χ0) is 10.4. The number of rotatable bonds is 4. The van der Waals surface area contributed by atoms with Gasteiger partial charge in [-0.1, -0.05) is 12.2 Å². The molecule has 0 aliphatic heterocycles. The van der Waals surface area contributed by atoms with Gasteiger partial charge in [0, 0.05) is 6.20 Å². The quantitative estimate of drug-likeness (QED) is 0.711. The number of nitrogen functional groups attached to an aromatic ring is 1. The van der Waals surface area contributed by atoms with Crippen molar-refractivity contribution in [3.63, 3.8) is 0 Å². The third kappa shape index (κ3) is 3.18. The molecule has 3 nitrogen and oxygen atoms in total. The molecule has 0 aliphatic rings. The molecule has 0 saturated carbocycles. The molecule has 0 amide bonds. The summed E-state index contributed by atoms with van der Waals surface area (Å²) in [4.78, 5) is 4.09. The van der Waals surface area contributed by atoms with Crippen molar-refractivity contribution in [1.29, 1.82) is 0 Å². The molecule has 1 rings (SSSR count). The van der Waals surface area contributed by atoms with E-state index in [0.29, 0.717) is 5.82 Å². The number of pyridine rings is 1. The third-order valence-electron chi connectivity index (χ3n) is 2.01. The van der Waals surface area contributed by atoms with E-state index in [0.717, 1.165) is 24.1 Å². The maximum Gasteiger partial charge on any atom is 0.126 e. The van der Waals surface area contributed by atoms with Crippen molar-refractivity contribution >= 4 is 11.9 Å². The molecule has 14 heavy (non-hydrogen) atoms. The van der Waals surface area contributed by atoms with Crippen molar-refractivity contribution in [2.24, 2.45) is 0 Å². The van der Waals surface area contributed by atoms with Crippen molar-refractivity contribution in [1.82, 2.24) is 10.3 Å². The first-order valence-corrected chi connectivity index (χ1v) is 4.77. The predicted octanol–water partition coefficient (Wildman–Crippen LogP) is 1.59. The van der Waals surface area contributed by atoms with Crippen LogP contribution in [0, 0.1) is 6.92 Å². The molecule has 1 aromatic heterocycles. The van der Waals surface area contributed by atoms with E-state index in [1.165, 1.54) is 0 Å². The topological polar surface area (TPSA) is 50.9 Å². The molecule has 0 atom stereocenters. The van der Waals surface area contributed by atoms with Crippen LogP contribution in [0.4, 0.5) is 5.82 Å². The van der Waals surface area contributed by atoms with Crippen LogP contribution in [0.5, 0.6) is 0 Å². The maximum atomic E-state index is 5.62. The lowest BCUT2D eigenvalue weighted by Crippen LogP contribution is -2.05. The molecular weight excluding hydrogens is 174 g/mol. The summed E-state index contributed by atoms with van der Waals surface area (Å²) in [5.41, 5.74) is 7.75. The Hall–Kier alpha value is -1.35. The van der Waals surface area contributed by atoms with E-state index >= 15 is 0 Å². The molecule has 0 spiro atoms. The minimum absolute atomic E-state index is 0.609. The minimum atomic E-state index is 0.609. The molecule has 3 N–H and O–H groups in total. The van der Waals surface area contributed by atoms with E-state index in [4.69, 9.17) is 5.73 Å². The van der Waals surface area contributed by atoms with Crippen molar-refractivity contribution in [2.45, 2.75) is 13.3 Å². The third-order valence-corrected chi connectivity index (χ3v) is 2.01. The zero-order valence-electron chi connectivity index (χ0n) is 8.75. The van der Waals surface area contributed by atoms with Gasteiger partial charge in [0.1, 0.15) is 5.82 Å². The molecular formula is C11H17N3. The van der Waals surface area contributed by atoms with Crippen molar-refractivity contribution in [3.8, 4) is 0 Å². The van der Waals surface area contributed by atoms with Crippen LogP contribution in [0.3, 0.4) is 0 Å². The number of aromatic nitrogens is 1. The van der Waals surface area contributed by atoms with Crippen LogP contribution < -0.4 is 11.1 Å². The van der Waals surface area contributed by atoms with Gasteiger partial charge in [0.25, 0.3) is 0 Å². The summed E-state index contributed by atoms with van der Waals surface area (Å²) in [5.74, 6) is 0.609. The molecule has 3 heteroatoms. The fourth-order valence-electron chi connectivity index (χ4n) is 1.15. The SMILES string of the molecule is CNCCC=Cc1cnc(N)c(C)c1. The first kappa shape index (κ1) is 10.7. The Labute approximate surface area is 85.0 Å². The summed E-state index contributed by atoms with van der Waals surface area (Å²) in [7, 11) is 1.95. The highest BCUT2D eigenvalue weighted by Crippen LogP contribution is 2.10. The van der Waals surface area contributed by atoms with E-state index < -0.39 is 0 Å². The highest BCUT2D eigenvalue weighted by Gasteiger charge is 1.94. The van der Waals surface area contributed by atoms with Crippen LogP contribution in [-0.4, -0.2) is 18.6 Å². The average Bonchev–Trinajstić information content (AvgIpc) is 2.18. The number of nitrogens with zero attached hydrogens (tertiary/aromatic N) is 1. The smallest absolute Gasteiger partial charge is 0.126 e. The van der Waals surface area contributed by atoms with Gasteiger partial charge in [-0.15, -0.1) is 0 Å². The Kier molecular flexibility index (Phi) is 4.13. The lowest BCUT2D eigenvalue weighted by atomic mass is 10.2. The summed E-state index contributed by atoms with van der Waals surface area (Å²) in [6.45, 7) is 2.96. The van der Waals surface area contributed by atoms with Gasteiger partial charge in [-0.2, -0.15) is 0 Å². The number of anilines is 1. The van der Waals surface area contributed by atoms with Gasteiger partial charge < -0.3 is 11.1 Å². The van der Waals surface area contributed by atoms with Gasteiger partial charge in [0.05, 0.1) is 0 Å². The zero-order valence-corrected chi connectivity index (χ0v) is 8.75.